The fourth-order valence-electron chi connectivity index (χ4n) is 1.40. The summed E-state index contributed by atoms with van der Waals surface area (Å²) in [5.74, 6) is 1.04. The highest BCUT2D eigenvalue weighted by Crippen LogP contribution is 2.11. The molecule has 1 rings (SSSR count). The van der Waals surface area contributed by atoms with Crippen LogP contribution in [-0.2, 0) is 7.05 Å². The minimum absolute atomic E-state index is 0.657. The van der Waals surface area contributed by atoms with Gasteiger partial charge in [0.25, 0.3) is 0 Å². The summed E-state index contributed by atoms with van der Waals surface area (Å²) in [6.45, 7) is 5.47. The van der Waals surface area contributed by atoms with Crippen molar-refractivity contribution in [3.8, 4) is 0 Å². The molecule has 4 nitrogen and oxygen atoms in total. The molecule has 0 aromatic carbocycles. The molecule has 15 heavy (non-hydrogen) atoms. The van der Waals surface area contributed by atoms with Gasteiger partial charge in [-0.1, -0.05) is 25.6 Å². The van der Waals surface area contributed by atoms with Gasteiger partial charge in [0.2, 0.25) is 0 Å². The molecule has 1 aromatic rings. The highest BCUT2D eigenvalue weighted by atomic mass is 32.2. The molecule has 0 fully saturated rings. The molecular weight excluding hydrogens is 208 g/mol. The summed E-state index contributed by atoms with van der Waals surface area (Å²) in [4.78, 5) is 4.16. The Labute approximate surface area is 95.9 Å². The lowest BCUT2D eigenvalue weighted by atomic mass is 10.2. The van der Waals surface area contributed by atoms with Crippen molar-refractivity contribution < 1.29 is 0 Å². The van der Waals surface area contributed by atoms with Crippen LogP contribution in [0.5, 0.6) is 0 Å². The van der Waals surface area contributed by atoms with Crippen LogP contribution in [0.4, 0.5) is 0 Å². The summed E-state index contributed by atoms with van der Waals surface area (Å²) in [7, 11) is 1.92. The third-order valence-electron chi connectivity index (χ3n) is 2.42. The summed E-state index contributed by atoms with van der Waals surface area (Å²) < 4.78 is 1.81. The zero-order chi connectivity index (χ0) is 11.1. The topological polar surface area (TPSA) is 42.7 Å². The van der Waals surface area contributed by atoms with E-state index in [1.54, 1.807) is 18.1 Å². The van der Waals surface area contributed by atoms with Gasteiger partial charge in [0.15, 0.2) is 5.16 Å². The number of thioether (sulfide) groups is 1. The number of nitrogens with zero attached hydrogens (tertiary/aromatic N) is 3. The van der Waals surface area contributed by atoms with Gasteiger partial charge >= 0.3 is 0 Å². The Morgan fingerprint density at radius 3 is 2.73 bits per heavy atom. The van der Waals surface area contributed by atoms with E-state index in [0.29, 0.717) is 6.04 Å². The van der Waals surface area contributed by atoms with E-state index in [9.17, 15) is 0 Å². The van der Waals surface area contributed by atoms with Crippen LogP contribution in [0.15, 0.2) is 11.5 Å². The lowest BCUT2D eigenvalue weighted by Gasteiger charge is -2.13. The van der Waals surface area contributed by atoms with Gasteiger partial charge in [0.05, 0.1) is 0 Å². The van der Waals surface area contributed by atoms with Gasteiger partial charge in [0.1, 0.15) is 6.33 Å². The first-order valence-corrected chi connectivity index (χ1v) is 6.46. The minimum atomic E-state index is 0.657. The van der Waals surface area contributed by atoms with Gasteiger partial charge in [-0.2, -0.15) is 5.10 Å². The third kappa shape index (κ3) is 4.22. The first-order valence-electron chi connectivity index (χ1n) is 5.48. The molecule has 0 radical (unpaired) electrons. The Balaban J connectivity index is 2.14. The fourth-order valence-corrected chi connectivity index (χ4v) is 2.16. The zero-order valence-corrected chi connectivity index (χ0v) is 10.5. The number of hydrogen-bond donors (Lipinski definition) is 1. The second-order valence-electron chi connectivity index (χ2n) is 3.48. The quantitative estimate of drug-likeness (QED) is 0.569. The molecule has 0 saturated heterocycles. The van der Waals surface area contributed by atoms with Crippen LogP contribution in [0, 0.1) is 0 Å². The maximum absolute atomic E-state index is 4.16. The van der Waals surface area contributed by atoms with Gasteiger partial charge in [-0.3, -0.25) is 0 Å². The SMILES string of the molecule is CCC(CC)NCCSc1ncnn1C. The maximum Gasteiger partial charge on any atom is 0.185 e. The number of hydrogen-bond acceptors (Lipinski definition) is 4. The molecule has 0 aliphatic carbocycles. The van der Waals surface area contributed by atoms with Crippen molar-refractivity contribution in [2.24, 2.45) is 7.05 Å². The van der Waals surface area contributed by atoms with Crippen LogP contribution in [0.25, 0.3) is 0 Å². The Morgan fingerprint density at radius 1 is 1.47 bits per heavy atom. The fraction of sp³-hybridized carbons (Fsp3) is 0.800. The standard InChI is InChI=1S/C10H20N4S/c1-4-9(5-2)11-6-7-15-10-12-8-13-14(10)3/h8-9,11H,4-7H2,1-3H3. The number of rotatable bonds is 7. The molecule has 0 aliphatic heterocycles. The summed E-state index contributed by atoms with van der Waals surface area (Å²) in [6.07, 6.45) is 3.99. The van der Waals surface area contributed by atoms with Crippen LogP contribution in [0.3, 0.4) is 0 Å². The van der Waals surface area contributed by atoms with Crippen molar-refractivity contribution in [2.45, 2.75) is 37.9 Å². The first kappa shape index (κ1) is 12.5. The molecule has 86 valence electrons. The number of nitrogens with one attached hydrogen (secondary N) is 1. The maximum atomic E-state index is 4.16. The second-order valence-corrected chi connectivity index (χ2v) is 4.54. The average molecular weight is 228 g/mol. The van der Waals surface area contributed by atoms with Gasteiger partial charge in [-0.05, 0) is 12.8 Å². The molecule has 0 saturated carbocycles. The largest absolute Gasteiger partial charge is 0.313 e. The Bertz CT molecular complexity index is 270. The van der Waals surface area contributed by atoms with Crippen molar-refractivity contribution in [1.29, 1.82) is 0 Å². The smallest absolute Gasteiger partial charge is 0.185 e. The Kier molecular flexibility index (Phi) is 5.71. The van der Waals surface area contributed by atoms with E-state index < -0.39 is 0 Å². The Hall–Kier alpha value is -0.550. The summed E-state index contributed by atoms with van der Waals surface area (Å²) in [5, 5.41) is 8.54. The summed E-state index contributed by atoms with van der Waals surface area (Å²) in [6, 6.07) is 0.657. The predicted molar refractivity (Wildman–Crippen MR) is 64.1 cm³/mol. The van der Waals surface area contributed by atoms with Crippen molar-refractivity contribution >= 4 is 11.8 Å². The lowest BCUT2D eigenvalue weighted by Crippen LogP contribution is -2.29. The van der Waals surface area contributed by atoms with Crippen LogP contribution in [0.1, 0.15) is 26.7 Å². The molecule has 0 aliphatic rings. The van der Waals surface area contributed by atoms with Crippen molar-refractivity contribution in [3.05, 3.63) is 6.33 Å². The van der Waals surface area contributed by atoms with Crippen molar-refractivity contribution in [1.82, 2.24) is 20.1 Å². The van der Waals surface area contributed by atoms with E-state index in [4.69, 9.17) is 0 Å². The summed E-state index contributed by atoms with van der Waals surface area (Å²) >= 11 is 1.74. The van der Waals surface area contributed by atoms with Gasteiger partial charge in [0, 0.05) is 25.4 Å². The van der Waals surface area contributed by atoms with E-state index >= 15 is 0 Å². The molecule has 0 spiro atoms. The molecule has 5 heteroatoms. The van der Waals surface area contributed by atoms with Crippen molar-refractivity contribution in [2.75, 3.05) is 12.3 Å². The normalized spacial score (nSPS) is 11.2. The minimum Gasteiger partial charge on any atom is -0.313 e. The second kappa shape index (κ2) is 6.85. The van der Waals surface area contributed by atoms with Gasteiger partial charge in [-0.15, -0.1) is 0 Å². The number of aromatic nitrogens is 3. The van der Waals surface area contributed by atoms with E-state index in [-0.39, 0.29) is 0 Å². The zero-order valence-electron chi connectivity index (χ0n) is 9.73. The lowest BCUT2D eigenvalue weighted by molar-refractivity contribution is 0.501. The van der Waals surface area contributed by atoms with E-state index in [0.717, 1.165) is 17.5 Å². The van der Waals surface area contributed by atoms with E-state index in [1.165, 1.54) is 12.8 Å². The highest BCUT2D eigenvalue weighted by molar-refractivity contribution is 7.99. The number of aryl methyl sites for hydroxylation is 1. The first-order chi connectivity index (χ1) is 7.27. The highest BCUT2D eigenvalue weighted by Gasteiger charge is 2.03. The molecule has 0 atom stereocenters. The van der Waals surface area contributed by atoms with Crippen LogP contribution >= 0.6 is 11.8 Å². The monoisotopic (exact) mass is 228 g/mol. The Morgan fingerprint density at radius 2 is 2.20 bits per heavy atom. The van der Waals surface area contributed by atoms with E-state index in [1.807, 2.05) is 11.7 Å². The molecule has 0 bridgehead atoms. The van der Waals surface area contributed by atoms with Crippen LogP contribution < -0.4 is 5.32 Å². The van der Waals surface area contributed by atoms with Crippen molar-refractivity contribution in [3.63, 3.8) is 0 Å². The molecule has 0 unspecified atom stereocenters. The van der Waals surface area contributed by atoms with Gasteiger partial charge in [-0.25, -0.2) is 9.67 Å². The molecule has 1 N–H and O–H groups in total. The van der Waals surface area contributed by atoms with E-state index in [2.05, 4.69) is 29.2 Å². The van der Waals surface area contributed by atoms with Crippen LogP contribution in [0.2, 0.25) is 0 Å². The molecular formula is C10H20N4S. The predicted octanol–water partition coefficient (Wildman–Crippen LogP) is 1.69. The molecule has 1 heterocycles. The van der Waals surface area contributed by atoms with Crippen LogP contribution in [-0.4, -0.2) is 33.1 Å². The average Bonchev–Trinajstić information content (AvgIpc) is 2.65. The molecule has 1 aromatic heterocycles. The molecule has 0 amide bonds. The van der Waals surface area contributed by atoms with Gasteiger partial charge < -0.3 is 5.32 Å². The third-order valence-corrected chi connectivity index (χ3v) is 3.46. The summed E-state index contributed by atoms with van der Waals surface area (Å²) in [5.41, 5.74) is 0.